The Morgan fingerprint density at radius 3 is 2.61 bits per heavy atom. The fourth-order valence-corrected chi connectivity index (χ4v) is 3.04. The Labute approximate surface area is 118 Å². The van der Waals surface area contributed by atoms with Crippen LogP contribution in [0.15, 0.2) is 22.7 Å². The zero-order valence-electron chi connectivity index (χ0n) is 11.4. The third-order valence-corrected chi connectivity index (χ3v) is 4.44. The molecule has 2 atom stereocenters. The van der Waals surface area contributed by atoms with Crippen LogP contribution in [0, 0.1) is 11.8 Å². The van der Waals surface area contributed by atoms with Gasteiger partial charge in [0.2, 0.25) is 0 Å². The number of anilines is 1. The van der Waals surface area contributed by atoms with Crippen molar-refractivity contribution in [3.05, 3.63) is 28.2 Å². The summed E-state index contributed by atoms with van der Waals surface area (Å²) in [5, 5.41) is 9.89. The summed E-state index contributed by atoms with van der Waals surface area (Å²) in [5.74, 6) is 1.50. The molecular formula is C15H22BrNO. The fourth-order valence-electron chi connectivity index (χ4n) is 2.69. The SMILES string of the molecule is CC(O)c1ccc(Br)cc1N1CCC(C(C)C)C1. The fraction of sp³-hybridized carbons (Fsp3) is 0.600. The van der Waals surface area contributed by atoms with Gasteiger partial charge in [0.15, 0.2) is 0 Å². The molecule has 2 nitrogen and oxygen atoms in total. The highest BCUT2D eigenvalue weighted by Crippen LogP contribution is 2.34. The van der Waals surface area contributed by atoms with Gasteiger partial charge >= 0.3 is 0 Å². The molecule has 1 fully saturated rings. The van der Waals surface area contributed by atoms with Crippen molar-refractivity contribution in [1.82, 2.24) is 0 Å². The molecule has 0 aliphatic carbocycles. The molecule has 1 heterocycles. The van der Waals surface area contributed by atoms with Crippen molar-refractivity contribution in [2.75, 3.05) is 18.0 Å². The number of rotatable bonds is 3. The maximum Gasteiger partial charge on any atom is 0.0782 e. The molecule has 1 aliphatic heterocycles. The lowest BCUT2D eigenvalue weighted by Gasteiger charge is -2.24. The zero-order valence-corrected chi connectivity index (χ0v) is 12.9. The largest absolute Gasteiger partial charge is 0.389 e. The highest BCUT2D eigenvalue weighted by atomic mass is 79.9. The van der Waals surface area contributed by atoms with E-state index in [1.54, 1.807) is 0 Å². The Hall–Kier alpha value is -0.540. The summed E-state index contributed by atoms with van der Waals surface area (Å²) in [6, 6.07) is 6.15. The number of aliphatic hydroxyl groups is 1. The summed E-state index contributed by atoms with van der Waals surface area (Å²) in [6.45, 7) is 8.63. The number of halogens is 1. The van der Waals surface area contributed by atoms with Gasteiger partial charge in [-0.2, -0.15) is 0 Å². The molecule has 18 heavy (non-hydrogen) atoms. The van der Waals surface area contributed by atoms with Gasteiger partial charge in [0.05, 0.1) is 6.10 Å². The van der Waals surface area contributed by atoms with Crippen LogP contribution in [0.4, 0.5) is 5.69 Å². The second kappa shape index (κ2) is 5.62. The van der Waals surface area contributed by atoms with Crippen LogP contribution in [0.5, 0.6) is 0 Å². The summed E-state index contributed by atoms with van der Waals surface area (Å²) in [6.07, 6.45) is 0.842. The van der Waals surface area contributed by atoms with Gasteiger partial charge in [-0.15, -0.1) is 0 Å². The van der Waals surface area contributed by atoms with Crippen LogP contribution in [0.25, 0.3) is 0 Å². The molecule has 0 amide bonds. The Morgan fingerprint density at radius 2 is 2.06 bits per heavy atom. The maximum atomic E-state index is 9.89. The van der Waals surface area contributed by atoms with Crippen LogP contribution in [-0.2, 0) is 0 Å². The lowest BCUT2D eigenvalue weighted by atomic mass is 9.95. The van der Waals surface area contributed by atoms with Crippen LogP contribution in [0.2, 0.25) is 0 Å². The smallest absolute Gasteiger partial charge is 0.0782 e. The van der Waals surface area contributed by atoms with Crippen LogP contribution in [0.1, 0.15) is 38.9 Å². The first-order valence-electron chi connectivity index (χ1n) is 6.71. The zero-order chi connectivity index (χ0) is 13.3. The summed E-state index contributed by atoms with van der Waals surface area (Å²) < 4.78 is 1.08. The Morgan fingerprint density at radius 1 is 1.33 bits per heavy atom. The molecule has 1 N–H and O–H groups in total. The van der Waals surface area contributed by atoms with E-state index in [-0.39, 0.29) is 0 Å². The standard InChI is InChI=1S/C15H22BrNO/c1-10(2)12-6-7-17(9-12)15-8-13(16)4-5-14(15)11(3)18/h4-5,8,10-12,18H,6-7,9H2,1-3H3. The molecule has 1 saturated heterocycles. The first kappa shape index (κ1) is 13.9. The van der Waals surface area contributed by atoms with Gasteiger partial charge in [-0.05, 0) is 37.3 Å². The number of aliphatic hydroxyl groups excluding tert-OH is 1. The van der Waals surface area contributed by atoms with Gasteiger partial charge in [0.25, 0.3) is 0 Å². The summed E-state index contributed by atoms with van der Waals surface area (Å²) in [7, 11) is 0. The summed E-state index contributed by atoms with van der Waals surface area (Å²) in [5.41, 5.74) is 2.21. The average molecular weight is 312 g/mol. The number of nitrogens with zero attached hydrogens (tertiary/aromatic N) is 1. The van der Waals surface area contributed by atoms with Crippen molar-refractivity contribution in [3.63, 3.8) is 0 Å². The molecule has 100 valence electrons. The quantitative estimate of drug-likeness (QED) is 0.912. The van der Waals surface area contributed by atoms with Gasteiger partial charge in [-0.1, -0.05) is 35.8 Å². The van der Waals surface area contributed by atoms with Crippen LogP contribution >= 0.6 is 15.9 Å². The Balaban J connectivity index is 2.25. The normalized spacial score (nSPS) is 21.7. The molecule has 1 aliphatic rings. The minimum atomic E-state index is -0.411. The Kier molecular flexibility index (Phi) is 4.33. The van der Waals surface area contributed by atoms with Gasteiger partial charge in [0.1, 0.15) is 0 Å². The summed E-state index contributed by atoms with van der Waals surface area (Å²) in [4.78, 5) is 2.41. The van der Waals surface area contributed by atoms with Crippen molar-refractivity contribution < 1.29 is 5.11 Å². The van der Waals surface area contributed by atoms with Crippen molar-refractivity contribution >= 4 is 21.6 Å². The molecule has 0 radical (unpaired) electrons. The molecule has 2 unspecified atom stereocenters. The topological polar surface area (TPSA) is 23.5 Å². The van der Waals surface area contributed by atoms with E-state index in [0.29, 0.717) is 0 Å². The molecule has 1 aromatic carbocycles. The average Bonchev–Trinajstić information content (AvgIpc) is 2.77. The minimum absolute atomic E-state index is 0.411. The molecule has 2 rings (SSSR count). The number of benzene rings is 1. The lowest BCUT2D eigenvalue weighted by molar-refractivity contribution is 0.199. The van der Waals surface area contributed by atoms with Crippen LogP contribution < -0.4 is 4.90 Å². The van der Waals surface area contributed by atoms with E-state index in [1.165, 1.54) is 12.1 Å². The van der Waals surface area contributed by atoms with E-state index >= 15 is 0 Å². The van der Waals surface area contributed by atoms with Crippen molar-refractivity contribution in [1.29, 1.82) is 0 Å². The monoisotopic (exact) mass is 311 g/mol. The van der Waals surface area contributed by atoms with Crippen molar-refractivity contribution in [2.24, 2.45) is 11.8 Å². The highest BCUT2D eigenvalue weighted by Gasteiger charge is 2.26. The molecule has 3 heteroatoms. The third kappa shape index (κ3) is 2.89. The van der Waals surface area contributed by atoms with E-state index in [9.17, 15) is 5.11 Å². The van der Waals surface area contributed by atoms with Gasteiger partial charge in [0, 0.05) is 28.8 Å². The first-order valence-corrected chi connectivity index (χ1v) is 7.50. The van der Waals surface area contributed by atoms with Crippen LogP contribution in [-0.4, -0.2) is 18.2 Å². The van der Waals surface area contributed by atoms with Gasteiger partial charge < -0.3 is 10.0 Å². The van der Waals surface area contributed by atoms with Crippen molar-refractivity contribution in [2.45, 2.75) is 33.3 Å². The van der Waals surface area contributed by atoms with E-state index in [4.69, 9.17) is 0 Å². The Bertz CT molecular complexity index is 417. The molecule has 0 aromatic heterocycles. The molecule has 1 aromatic rings. The molecule has 0 saturated carbocycles. The van der Waals surface area contributed by atoms with E-state index in [2.05, 4.69) is 40.7 Å². The highest BCUT2D eigenvalue weighted by molar-refractivity contribution is 9.10. The second-order valence-electron chi connectivity index (χ2n) is 5.62. The van der Waals surface area contributed by atoms with E-state index in [1.807, 2.05) is 19.1 Å². The third-order valence-electron chi connectivity index (χ3n) is 3.95. The predicted octanol–water partition coefficient (Wildman–Crippen LogP) is 3.98. The van der Waals surface area contributed by atoms with Crippen molar-refractivity contribution in [3.8, 4) is 0 Å². The molecule has 0 spiro atoms. The molecule has 0 bridgehead atoms. The first-order chi connectivity index (χ1) is 8.49. The van der Waals surface area contributed by atoms with Gasteiger partial charge in [-0.25, -0.2) is 0 Å². The number of hydrogen-bond donors (Lipinski definition) is 1. The minimum Gasteiger partial charge on any atom is -0.389 e. The predicted molar refractivity (Wildman–Crippen MR) is 79.9 cm³/mol. The molecular weight excluding hydrogens is 290 g/mol. The lowest BCUT2D eigenvalue weighted by Crippen LogP contribution is -2.22. The second-order valence-corrected chi connectivity index (χ2v) is 6.53. The number of hydrogen-bond acceptors (Lipinski definition) is 2. The van der Waals surface area contributed by atoms with Crippen LogP contribution in [0.3, 0.4) is 0 Å². The van der Waals surface area contributed by atoms with E-state index < -0.39 is 6.10 Å². The maximum absolute atomic E-state index is 9.89. The van der Waals surface area contributed by atoms with E-state index in [0.717, 1.165) is 35.0 Å². The summed E-state index contributed by atoms with van der Waals surface area (Å²) >= 11 is 3.53. The van der Waals surface area contributed by atoms with Gasteiger partial charge in [-0.3, -0.25) is 0 Å².